The summed E-state index contributed by atoms with van der Waals surface area (Å²) in [6, 6.07) is 7.97. The molecule has 2 fully saturated rings. The van der Waals surface area contributed by atoms with Crippen molar-refractivity contribution in [1.29, 1.82) is 5.26 Å². The lowest BCUT2D eigenvalue weighted by Crippen LogP contribution is -2.46. The van der Waals surface area contributed by atoms with E-state index in [2.05, 4.69) is 11.0 Å². The monoisotopic (exact) mass is 478 g/mol. The lowest BCUT2D eigenvalue weighted by molar-refractivity contribution is -0.139. The number of nitrogens with zero attached hydrogens (tertiary/aromatic N) is 2. The molecule has 1 aromatic rings. The van der Waals surface area contributed by atoms with Gasteiger partial charge in [-0.25, -0.2) is 0 Å². The largest absolute Gasteiger partial charge is 0.481 e. The van der Waals surface area contributed by atoms with Crippen molar-refractivity contribution in [2.24, 2.45) is 17.3 Å². The smallest absolute Gasteiger partial charge is 0.416 e. The Morgan fingerprint density at radius 1 is 1.09 bits per heavy atom. The molecular formula is C27H37F3N2O2. The molecule has 34 heavy (non-hydrogen) atoms. The number of benzene rings is 1. The molecule has 0 radical (unpaired) electrons. The molecule has 3 unspecified atom stereocenters. The van der Waals surface area contributed by atoms with Crippen LogP contribution in [0.5, 0.6) is 0 Å². The summed E-state index contributed by atoms with van der Waals surface area (Å²) < 4.78 is 39.4. The number of carboxylic acids is 1. The summed E-state index contributed by atoms with van der Waals surface area (Å²) in [5, 5.41) is 18.9. The number of nitriles is 1. The van der Waals surface area contributed by atoms with Gasteiger partial charge in [0.25, 0.3) is 0 Å². The van der Waals surface area contributed by atoms with E-state index in [0.717, 1.165) is 50.0 Å². The number of rotatable bonds is 9. The molecule has 3 rings (SSSR count). The first-order chi connectivity index (χ1) is 16.0. The van der Waals surface area contributed by atoms with Gasteiger partial charge in [-0.1, -0.05) is 25.0 Å². The molecule has 4 nitrogen and oxygen atoms in total. The summed E-state index contributed by atoms with van der Waals surface area (Å²) in [6.07, 6.45) is 3.57. The van der Waals surface area contributed by atoms with Crippen LogP contribution in [-0.4, -0.2) is 35.1 Å². The average molecular weight is 479 g/mol. The van der Waals surface area contributed by atoms with Crippen LogP contribution in [0.4, 0.5) is 13.2 Å². The highest BCUT2D eigenvalue weighted by Crippen LogP contribution is 2.42. The SMILES string of the molecule is CC(C)(C#N)CCN(CC1CCCC1)C1CCC(CC(=O)O)CC1c1ccc(C(F)(F)F)cc1. The number of carbonyl (C=O) groups is 1. The van der Waals surface area contributed by atoms with E-state index in [0.29, 0.717) is 12.3 Å². The van der Waals surface area contributed by atoms with E-state index in [1.807, 2.05) is 13.8 Å². The Hall–Kier alpha value is -2.07. The van der Waals surface area contributed by atoms with Crippen molar-refractivity contribution in [2.45, 2.75) is 89.8 Å². The number of halogens is 3. The van der Waals surface area contributed by atoms with Gasteiger partial charge in [0.05, 0.1) is 17.0 Å². The average Bonchev–Trinajstić information content (AvgIpc) is 3.29. The fraction of sp³-hybridized carbons (Fsp3) is 0.704. The van der Waals surface area contributed by atoms with Crippen molar-refractivity contribution in [3.05, 3.63) is 35.4 Å². The van der Waals surface area contributed by atoms with Gasteiger partial charge in [-0.15, -0.1) is 0 Å². The van der Waals surface area contributed by atoms with E-state index in [9.17, 15) is 28.3 Å². The molecule has 0 spiro atoms. The molecule has 188 valence electrons. The zero-order chi connectivity index (χ0) is 24.9. The fourth-order valence-corrected chi connectivity index (χ4v) is 5.78. The Morgan fingerprint density at radius 3 is 2.29 bits per heavy atom. The minimum absolute atomic E-state index is 0.0184. The maximum Gasteiger partial charge on any atom is 0.416 e. The third-order valence-corrected chi connectivity index (χ3v) is 7.82. The van der Waals surface area contributed by atoms with Gasteiger partial charge in [0.2, 0.25) is 0 Å². The minimum Gasteiger partial charge on any atom is -0.481 e. The lowest BCUT2D eigenvalue weighted by atomic mass is 9.72. The van der Waals surface area contributed by atoms with E-state index < -0.39 is 23.1 Å². The third-order valence-electron chi connectivity index (χ3n) is 7.82. The van der Waals surface area contributed by atoms with Crippen LogP contribution in [0.1, 0.15) is 88.7 Å². The molecule has 2 aliphatic rings. The Labute approximate surface area is 201 Å². The minimum atomic E-state index is -4.38. The predicted molar refractivity (Wildman–Crippen MR) is 125 cm³/mol. The maximum atomic E-state index is 13.1. The van der Waals surface area contributed by atoms with Gasteiger partial charge in [-0.3, -0.25) is 9.69 Å². The van der Waals surface area contributed by atoms with Gasteiger partial charge in [-0.05, 0) is 94.4 Å². The molecule has 1 aromatic carbocycles. The molecule has 7 heteroatoms. The molecule has 0 aliphatic heterocycles. The summed E-state index contributed by atoms with van der Waals surface area (Å²) in [5.74, 6) is -0.222. The fourth-order valence-electron chi connectivity index (χ4n) is 5.78. The Balaban J connectivity index is 1.88. The first kappa shape index (κ1) is 26.5. The van der Waals surface area contributed by atoms with Gasteiger partial charge in [0.15, 0.2) is 0 Å². The standard InChI is InChI=1S/C27H37F3N2O2/c1-26(2,18-31)13-14-32(17-19-5-3-4-6-19)24-12-7-20(16-25(33)34)15-23(24)21-8-10-22(11-9-21)27(28,29)30/h8-11,19-20,23-24H,3-7,12-17H2,1-2H3,(H,33,34). The van der Waals surface area contributed by atoms with Crippen molar-refractivity contribution in [2.75, 3.05) is 13.1 Å². The summed E-state index contributed by atoms with van der Waals surface area (Å²) in [7, 11) is 0. The van der Waals surface area contributed by atoms with Crippen LogP contribution >= 0.6 is 0 Å². The molecule has 0 aromatic heterocycles. The highest BCUT2D eigenvalue weighted by molar-refractivity contribution is 5.67. The van der Waals surface area contributed by atoms with E-state index in [1.54, 1.807) is 12.1 Å². The Bertz CT molecular complexity index is 854. The molecule has 2 saturated carbocycles. The maximum absolute atomic E-state index is 13.1. The first-order valence-electron chi connectivity index (χ1n) is 12.5. The molecule has 3 atom stereocenters. The summed E-state index contributed by atoms with van der Waals surface area (Å²) in [5.41, 5.74) is -0.258. The molecule has 2 aliphatic carbocycles. The van der Waals surface area contributed by atoms with Gasteiger partial charge in [0.1, 0.15) is 0 Å². The topological polar surface area (TPSA) is 64.3 Å². The zero-order valence-corrected chi connectivity index (χ0v) is 20.3. The van der Waals surface area contributed by atoms with E-state index in [1.165, 1.54) is 25.7 Å². The summed E-state index contributed by atoms with van der Waals surface area (Å²) in [4.78, 5) is 13.9. The van der Waals surface area contributed by atoms with Crippen molar-refractivity contribution in [1.82, 2.24) is 4.90 Å². The highest BCUT2D eigenvalue weighted by atomic mass is 19.4. The molecule has 0 saturated heterocycles. The van der Waals surface area contributed by atoms with Crippen LogP contribution in [0.3, 0.4) is 0 Å². The molecular weight excluding hydrogens is 441 g/mol. The van der Waals surface area contributed by atoms with Gasteiger partial charge >= 0.3 is 12.1 Å². The van der Waals surface area contributed by atoms with Crippen molar-refractivity contribution in [3.63, 3.8) is 0 Å². The van der Waals surface area contributed by atoms with E-state index in [-0.39, 0.29) is 24.3 Å². The molecule has 0 heterocycles. The van der Waals surface area contributed by atoms with Crippen molar-refractivity contribution < 1.29 is 23.1 Å². The van der Waals surface area contributed by atoms with E-state index in [4.69, 9.17) is 0 Å². The Kier molecular flexibility index (Phi) is 8.67. The van der Waals surface area contributed by atoms with Crippen LogP contribution in [0.2, 0.25) is 0 Å². The summed E-state index contributed by atoms with van der Waals surface area (Å²) in [6.45, 7) is 5.59. The number of alkyl halides is 3. The molecule has 0 bridgehead atoms. The van der Waals surface area contributed by atoms with Crippen LogP contribution in [0.15, 0.2) is 24.3 Å². The van der Waals surface area contributed by atoms with E-state index >= 15 is 0 Å². The summed E-state index contributed by atoms with van der Waals surface area (Å²) >= 11 is 0. The van der Waals surface area contributed by atoms with Crippen molar-refractivity contribution in [3.8, 4) is 6.07 Å². The Morgan fingerprint density at radius 2 is 1.74 bits per heavy atom. The quantitative estimate of drug-likeness (QED) is 0.421. The van der Waals surface area contributed by atoms with Crippen LogP contribution in [0.25, 0.3) is 0 Å². The predicted octanol–water partition coefficient (Wildman–Crippen LogP) is 6.86. The second-order valence-corrected chi connectivity index (χ2v) is 11.0. The normalized spacial score (nSPS) is 24.3. The first-order valence-corrected chi connectivity index (χ1v) is 12.5. The van der Waals surface area contributed by atoms with Crippen LogP contribution < -0.4 is 0 Å². The molecule has 0 amide bonds. The zero-order valence-electron chi connectivity index (χ0n) is 20.3. The van der Waals surface area contributed by atoms with Gasteiger partial charge in [0, 0.05) is 19.0 Å². The van der Waals surface area contributed by atoms with Crippen LogP contribution in [-0.2, 0) is 11.0 Å². The van der Waals surface area contributed by atoms with Crippen molar-refractivity contribution >= 4 is 5.97 Å². The third kappa shape index (κ3) is 7.21. The van der Waals surface area contributed by atoms with Crippen LogP contribution in [0, 0.1) is 28.6 Å². The number of hydrogen-bond donors (Lipinski definition) is 1. The van der Waals surface area contributed by atoms with Gasteiger partial charge < -0.3 is 5.11 Å². The lowest BCUT2D eigenvalue weighted by Gasteiger charge is -2.44. The number of carboxylic acid groups (broad SMARTS) is 1. The number of hydrogen-bond acceptors (Lipinski definition) is 3. The molecule has 1 N–H and O–H groups in total. The number of aliphatic carboxylic acids is 1. The highest BCUT2D eigenvalue weighted by Gasteiger charge is 2.38. The van der Waals surface area contributed by atoms with Gasteiger partial charge in [-0.2, -0.15) is 18.4 Å². The second kappa shape index (κ2) is 11.1. The second-order valence-electron chi connectivity index (χ2n) is 11.0.